The summed E-state index contributed by atoms with van der Waals surface area (Å²) < 4.78 is 0. The van der Waals surface area contributed by atoms with Crippen molar-refractivity contribution >= 4 is 5.84 Å². The Kier molecular flexibility index (Phi) is 8.31. The first-order valence-corrected chi connectivity index (χ1v) is 7.72. The molecule has 0 saturated heterocycles. The minimum Gasteiger partial charge on any atom is -0.387 e. The first kappa shape index (κ1) is 18.4. The highest BCUT2D eigenvalue weighted by molar-refractivity contribution is 5.82. The summed E-state index contributed by atoms with van der Waals surface area (Å²) in [5, 5.41) is 7.64. The van der Waals surface area contributed by atoms with Crippen molar-refractivity contribution in [2.45, 2.75) is 60.8 Å². The molecule has 0 aromatic rings. The van der Waals surface area contributed by atoms with E-state index >= 15 is 0 Å². The van der Waals surface area contributed by atoms with Gasteiger partial charge in [0.15, 0.2) is 0 Å². The van der Waals surface area contributed by atoms with E-state index in [1.165, 1.54) is 25.9 Å². The number of nitrogens with two attached hydrogens (primary N) is 1. The molecule has 0 aromatic carbocycles. The van der Waals surface area contributed by atoms with Gasteiger partial charge in [-0.25, -0.2) is 0 Å². The van der Waals surface area contributed by atoms with Crippen molar-refractivity contribution in [1.82, 2.24) is 4.90 Å². The average Bonchev–Trinajstić information content (AvgIpc) is 2.27. The highest BCUT2D eigenvalue weighted by Gasteiger charge is 2.22. The fraction of sp³-hybridized carbons (Fsp3) is 0.938. The monoisotopic (exact) mass is 269 g/mol. The average molecular weight is 269 g/mol. The SMILES string of the molecule is CC(C)CCN(CCC(C)C)CCC(C)(C)C(=N)N. The van der Waals surface area contributed by atoms with Crippen LogP contribution in [-0.4, -0.2) is 30.4 Å². The lowest BCUT2D eigenvalue weighted by atomic mass is 9.88. The van der Waals surface area contributed by atoms with Gasteiger partial charge in [-0.15, -0.1) is 0 Å². The molecule has 3 nitrogen and oxygen atoms in total. The van der Waals surface area contributed by atoms with Gasteiger partial charge in [0, 0.05) is 5.41 Å². The summed E-state index contributed by atoms with van der Waals surface area (Å²) in [6, 6.07) is 0. The van der Waals surface area contributed by atoms with Crippen LogP contribution < -0.4 is 5.73 Å². The van der Waals surface area contributed by atoms with Crippen molar-refractivity contribution in [3.8, 4) is 0 Å². The summed E-state index contributed by atoms with van der Waals surface area (Å²) in [5.74, 6) is 1.81. The maximum atomic E-state index is 7.64. The number of rotatable bonds is 10. The Bertz CT molecular complexity index is 245. The van der Waals surface area contributed by atoms with E-state index in [9.17, 15) is 0 Å². The van der Waals surface area contributed by atoms with Gasteiger partial charge in [-0.05, 0) is 50.7 Å². The van der Waals surface area contributed by atoms with Crippen LogP contribution in [0, 0.1) is 22.7 Å². The lowest BCUT2D eigenvalue weighted by Crippen LogP contribution is -2.36. The van der Waals surface area contributed by atoms with Crippen LogP contribution in [-0.2, 0) is 0 Å². The van der Waals surface area contributed by atoms with Crippen molar-refractivity contribution in [3.05, 3.63) is 0 Å². The zero-order valence-corrected chi connectivity index (χ0v) is 13.9. The van der Waals surface area contributed by atoms with Gasteiger partial charge in [-0.3, -0.25) is 5.41 Å². The smallest absolute Gasteiger partial charge is 0.0963 e. The molecule has 0 aliphatic heterocycles. The molecule has 0 atom stereocenters. The van der Waals surface area contributed by atoms with Crippen molar-refractivity contribution in [3.63, 3.8) is 0 Å². The van der Waals surface area contributed by atoms with Crippen LogP contribution >= 0.6 is 0 Å². The lowest BCUT2D eigenvalue weighted by Gasteiger charge is -2.29. The van der Waals surface area contributed by atoms with Gasteiger partial charge in [0.2, 0.25) is 0 Å². The standard InChI is InChI=1S/C16H35N3/c1-13(2)7-10-19(11-8-14(3)4)12-9-16(5,6)15(17)18/h13-14H,7-12H2,1-6H3,(H3,17,18). The summed E-state index contributed by atoms with van der Waals surface area (Å²) in [6.07, 6.45) is 3.47. The Hall–Kier alpha value is -0.570. The third kappa shape index (κ3) is 9.04. The van der Waals surface area contributed by atoms with Gasteiger partial charge < -0.3 is 10.6 Å². The van der Waals surface area contributed by atoms with Crippen LogP contribution in [0.15, 0.2) is 0 Å². The topological polar surface area (TPSA) is 53.1 Å². The molecule has 0 radical (unpaired) electrons. The molecule has 19 heavy (non-hydrogen) atoms. The van der Waals surface area contributed by atoms with Crippen molar-refractivity contribution in [2.24, 2.45) is 23.0 Å². The molecule has 0 bridgehead atoms. The van der Waals surface area contributed by atoms with E-state index in [0.717, 1.165) is 24.8 Å². The van der Waals surface area contributed by atoms with Gasteiger partial charge in [0.05, 0.1) is 5.84 Å². The molecule has 0 fully saturated rings. The quantitative estimate of drug-likeness (QED) is 0.469. The molecule has 0 heterocycles. The first-order valence-electron chi connectivity index (χ1n) is 7.72. The van der Waals surface area contributed by atoms with Crippen molar-refractivity contribution in [1.29, 1.82) is 5.41 Å². The van der Waals surface area contributed by atoms with Gasteiger partial charge in [-0.2, -0.15) is 0 Å². The van der Waals surface area contributed by atoms with E-state index < -0.39 is 0 Å². The van der Waals surface area contributed by atoms with E-state index in [1.54, 1.807) is 0 Å². The van der Waals surface area contributed by atoms with E-state index in [1.807, 2.05) is 0 Å². The molecule has 3 N–H and O–H groups in total. The minimum atomic E-state index is -0.173. The predicted molar refractivity (Wildman–Crippen MR) is 85.7 cm³/mol. The van der Waals surface area contributed by atoms with Crippen molar-refractivity contribution < 1.29 is 0 Å². The van der Waals surface area contributed by atoms with Crippen LogP contribution in [0.2, 0.25) is 0 Å². The van der Waals surface area contributed by atoms with Crippen LogP contribution in [0.25, 0.3) is 0 Å². The van der Waals surface area contributed by atoms with Crippen LogP contribution in [0.3, 0.4) is 0 Å². The van der Waals surface area contributed by atoms with Crippen LogP contribution in [0.1, 0.15) is 60.8 Å². The molecule has 0 aliphatic carbocycles. The molecule has 114 valence electrons. The molecule has 0 unspecified atom stereocenters. The number of hydrogen-bond donors (Lipinski definition) is 2. The third-order valence-electron chi connectivity index (χ3n) is 3.83. The fourth-order valence-corrected chi connectivity index (χ4v) is 1.79. The number of hydrogen-bond acceptors (Lipinski definition) is 2. The summed E-state index contributed by atoms with van der Waals surface area (Å²) in [6.45, 7) is 16.6. The molecule has 0 aliphatic rings. The van der Waals surface area contributed by atoms with Crippen LogP contribution in [0.5, 0.6) is 0 Å². The zero-order valence-electron chi connectivity index (χ0n) is 13.9. The van der Waals surface area contributed by atoms with E-state index in [4.69, 9.17) is 11.1 Å². The predicted octanol–water partition coefficient (Wildman–Crippen LogP) is 3.73. The molecule has 0 amide bonds. The number of nitrogens with one attached hydrogen (secondary N) is 1. The zero-order chi connectivity index (χ0) is 15.1. The molecular weight excluding hydrogens is 234 g/mol. The maximum Gasteiger partial charge on any atom is 0.0963 e. The lowest BCUT2D eigenvalue weighted by molar-refractivity contribution is 0.221. The normalized spacial score (nSPS) is 12.7. The maximum absolute atomic E-state index is 7.64. The Balaban J connectivity index is 4.28. The summed E-state index contributed by atoms with van der Waals surface area (Å²) in [7, 11) is 0. The highest BCUT2D eigenvalue weighted by atomic mass is 15.1. The first-order chi connectivity index (χ1) is 8.65. The Morgan fingerprint density at radius 2 is 1.42 bits per heavy atom. The minimum absolute atomic E-state index is 0.173. The summed E-state index contributed by atoms with van der Waals surface area (Å²) in [4.78, 5) is 2.55. The highest BCUT2D eigenvalue weighted by Crippen LogP contribution is 2.20. The molecule has 0 spiro atoms. The van der Waals surface area contributed by atoms with Crippen LogP contribution in [0.4, 0.5) is 0 Å². The second kappa shape index (κ2) is 8.57. The summed E-state index contributed by atoms with van der Waals surface area (Å²) >= 11 is 0. The molecular formula is C16H35N3. The largest absolute Gasteiger partial charge is 0.387 e. The Morgan fingerprint density at radius 3 is 1.74 bits per heavy atom. The van der Waals surface area contributed by atoms with Gasteiger partial charge in [0.1, 0.15) is 0 Å². The second-order valence-electron chi connectivity index (χ2n) is 7.25. The molecule has 3 heteroatoms. The summed E-state index contributed by atoms with van der Waals surface area (Å²) in [5.41, 5.74) is 5.49. The molecule has 0 rings (SSSR count). The second-order valence-corrected chi connectivity index (χ2v) is 7.25. The number of amidine groups is 1. The van der Waals surface area contributed by atoms with Gasteiger partial charge in [-0.1, -0.05) is 41.5 Å². The molecule has 0 aromatic heterocycles. The Morgan fingerprint density at radius 1 is 1.00 bits per heavy atom. The van der Waals surface area contributed by atoms with E-state index in [0.29, 0.717) is 5.84 Å². The van der Waals surface area contributed by atoms with Gasteiger partial charge >= 0.3 is 0 Å². The fourth-order valence-electron chi connectivity index (χ4n) is 1.79. The van der Waals surface area contributed by atoms with Gasteiger partial charge in [0.25, 0.3) is 0 Å². The van der Waals surface area contributed by atoms with E-state index in [2.05, 4.69) is 46.4 Å². The van der Waals surface area contributed by atoms with Crippen molar-refractivity contribution in [2.75, 3.05) is 19.6 Å². The Labute approximate surface area is 120 Å². The number of nitrogens with zero attached hydrogens (tertiary/aromatic N) is 1. The third-order valence-corrected chi connectivity index (χ3v) is 3.83. The molecule has 0 saturated carbocycles. The van der Waals surface area contributed by atoms with E-state index in [-0.39, 0.29) is 5.41 Å².